The molecule has 0 aromatic carbocycles. The monoisotopic (exact) mass is 1010 g/mol. The van der Waals surface area contributed by atoms with Crippen LogP contribution < -0.4 is 31.9 Å². The highest BCUT2D eigenvalue weighted by atomic mass is 16.2. The average Bonchev–Trinajstić information content (AvgIpc) is 3.94. The number of Topliss-reactive ketones (excluding diaryl/α,β-unsaturated/α-hetero) is 1. The smallest absolute Gasteiger partial charge is 0.289 e. The van der Waals surface area contributed by atoms with Gasteiger partial charge >= 0.3 is 0 Å². The van der Waals surface area contributed by atoms with Crippen LogP contribution in [0.1, 0.15) is 188 Å². The molecule has 6 fully saturated rings. The van der Waals surface area contributed by atoms with Gasteiger partial charge in [0.2, 0.25) is 35.3 Å². The number of likely N-dealkylation sites (tertiary alicyclic amines) is 1. The molecule has 0 radical (unpaired) electrons. The highest BCUT2D eigenvalue weighted by Crippen LogP contribution is 2.45. The second-order valence-corrected chi connectivity index (χ2v) is 22.8. The molecule has 4 heterocycles. The van der Waals surface area contributed by atoms with Gasteiger partial charge in [0.1, 0.15) is 35.6 Å². The van der Waals surface area contributed by atoms with Crippen molar-refractivity contribution in [2.45, 2.75) is 192 Å². The molecule has 2 aliphatic heterocycles. The van der Waals surface area contributed by atoms with Crippen molar-refractivity contribution in [2.75, 3.05) is 6.54 Å². The lowest BCUT2D eigenvalue weighted by Crippen LogP contribution is -2.62. The van der Waals surface area contributed by atoms with Crippen LogP contribution in [0.2, 0.25) is 0 Å². The quantitative estimate of drug-likeness (QED) is 0.0968. The van der Waals surface area contributed by atoms with Crippen molar-refractivity contribution in [3.05, 3.63) is 53.4 Å². The maximum absolute atomic E-state index is 14.9. The average molecular weight is 1010 g/mol. The van der Waals surface area contributed by atoms with E-state index in [-0.39, 0.29) is 78.1 Å². The molecule has 2 aromatic heterocycles. The van der Waals surface area contributed by atoms with E-state index >= 15 is 0 Å². The summed E-state index contributed by atoms with van der Waals surface area (Å²) >= 11 is 0. The zero-order valence-electron chi connectivity index (χ0n) is 43.0. The minimum absolute atomic E-state index is 0.0141. The van der Waals surface area contributed by atoms with Crippen LogP contribution in [0.25, 0.3) is 0 Å². The van der Waals surface area contributed by atoms with Crippen molar-refractivity contribution < 1.29 is 43.2 Å². The van der Waals surface area contributed by atoms with Gasteiger partial charge in [0.05, 0.1) is 17.9 Å². The topological polar surface area (TPSA) is 268 Å². The number of amides is 8. The van der Waals surface area contributed by atoms with Gasteiger partial charge < -0.3 is 31.5 Å². The number of piperidine rings is 1. The van der Waals surface area contributed by atoms with Crippen LogP contribution in [0.5, 0.6) is 0 Å². The van der Waals surface area contributed by atoms with E-state index in [1.807, 2.05) is 33.8 Å². The summed E-state index contributed by atoms with van der Waals surface area (Å²) in [6.07, 6.45) is 16.9. The van der Waals surface area contributed by atoms with E-state index in [4.69, 9.17) is 4.98 Å². The number of fused-ring (bicyclic) bond motifs is 1. The predicted octanol–water partition coefficient (Wildman–Crippen LogP) is 4.06. The summed E-state index contributed by atoms with van der Waals surface area (Å²) in [5, 5.41) is 16.6. The summed E-state index contributed by atoms with van der Waals surface area (Å²) in [5.41, 5.74) is 1.22. The third-order valence-corrected chi connectivity index (χ3v) is 16.4. The molecule has 2 aromatic rings. The molecule has 8 rings (SSSR count). The summed E-state index contributed by atoms with van der Waals surface area (Å²) in [6, 6.07) is -1.17. The van der Waals surface area contributed by atoms with Crippen LogP contribution >= 0.6 is 0 Å². The molecule has 19 nitrogen and oxygen atoms in total. The first-order chi connectivity index (χ1) is 34.9. The SMILES string of the molecule is CCC[C@@H](NC(=O)[C@@H]1[C@H]2CCC[C@H]2CN1C(=O)[C@@H](NC(=O)[C@@H](NC(=O)c1cnc(C2CCC(c3ccc(C(=O)NC4CCC(=O)NC4=O)nc3)C(C)C2)cn1)C1CCCCC1)C(C)(C)C)C(=O)C(=O)NC1CC1. The maximum atomic E-state index is 14.9. The number of ketones is 1. The van der Waals surface area contributed by atoms with Gasteiger partial charge in [-0.1, -0.05) is 72.8 Å². The number of hydrogen-bond donors (Lipinski definition) is 6. The first-order valence-electron chi connectivity index (χ1n) is 26.9. The Balaban J connectivity index is 0.903. The van der Waals surface area contributed by atoms with Gasteiger partial charge in [-0.2, -0.15) is 0 Å². The van der Waals surface area contributed by atoms with Gasteiger partial charge in [0.15, 0.2) is 0 Å². The van der Waals surface area contributed by atoms with Crippen molar-refractivity contribution in [1.82, 2.24) is 51.8 Å². The zero-order chi connectivity index (χ0) is 52.1. The van der Waals surface area contributed by atoms with Gasteiger partial charge in [-0.25, -0.2) is 4.98 Å². The molecule has 0 bridgehead atoms. The first kappa shape index (κ1) is 53.2. The molecular formula is C54H74N10O9. The van der Waals surface area contributed by atoms with Crippen LogP contribution in [0.3, 0.4) is 0 Å². The molecule has 0 spiro atoms. The van der Waals surface area contributed by atoms with Crippen LogP contribution in [0.4, 0.5) is 0 Å². The van der Waals surface area contributed by atoms with E-state index in [0.717, 1.165) is 81.9 Å². The lowest BCUT2D eigenvalue weighted by atomic mass is 9.71. The Kier molecular flexibility index (Phi) is 16.7. The van der Waals surface area contributed by atoms with Gasteiger partial charge in [-0.15, -0.1) is 0 Å². The normalized spacial score (nSPS) is 26.6. The number of carbonyl (C=O) groups excluding carboxylic acids is 9. The second kappa shape index (κ2) is 23.0. The molecule has 8 amide bonds. The summed E-state index contributed by atoms with van der Waals surface area (Å²) in [5.74, 6) is -4.37. The molecule has 10 atom stereocenters. The Labute approximate surface area is 427 Å². The van der Waals surface area contributed by atoms with E-state index in [9.17, 15) is 43.2 Å². The fraction of sp³-hybridized carbons (Fsp3) is 0.667. The fourth-order valence-electron chi connectivity index (χ4n) is 12.1. The fourth-order valence-corrected chi connectivity index (χ4v) is 12.1. The lowest BCUT2D eigenvalue weighted by molar-refractivity contribution is -0.146. The molecular weight excluding hydrogens is 933 g/mol. The Morgan fingerprint density at radius 1 is 0.781 bits per heavy atom. The number of imide groups is 1. The van der Waals surface area contributed by atoms with Crippen molar-refractivity contribution in [2.24, 2.45) is 29.1 Å². The molecule has 19 heteroatoms. The number of hydrogen-bond acceptors (Lipinski definition) is 12. The largest absolute Gasteiger partial charge is 0.347 e. The zero-order valence-corrected chi connectivity index (χ0v) is 43.0. The van der Waals surface area contributed by atoms with Crippen LogP contribution in [-0.2, 0) is 33.6 Å². The molecule has 6 aliphatic rings. The van der Waals surface area contributed by atoms with E-state index in [1.165, 1.54) is 6.20 Å². The third kappa shape index (κ3) is 12.6. The highest BCUT2D eigenvalue weighted by Gasteiger charge is 2.52. The second-order valence-electron chi connectivity index (χ2n) is 22.8. The van der Waals surface area contributed by atoms with Crippen molar-refractivity contribution >= 4 is 53.0 Å². The van der Waals surface area contributed by atoms with Crippen LogP contribution in [0.15, 0.2) is 30.7 Å². The van der Waals surface area contributed by atoms with Crippen molar-refractivity contribution in [3.8, 4) is 0 Å². The molecule has 4 unspecified atom stereocenters. The van der Waals surface area contributed by atoms with Crippen molar-refractivity contribution in [1.29, 1.82) is 0 Å². The van der Waals surface area contributed by atoms with E-state index in [0.29, 0.717) is 25.8 Å². The number of nitrogens with zero attached hydrogens (tertiary/aromatic N) is 4. The number of rotatable bonds is 17. The standard InChI is InChI=1S/C54H74N10O9/c1-6-11-37(45(66)52(72)58-34-18-19-34)59-51(71)44-36-15-10-14-33(36)28-64(44)53(73)46(54(3,4)5)63-50(70)43(30-12-8-7-9-13-30)62-49(69)41-27-56-40(26-57-41)31-16-20-35(29(2)24-31)32-17-21-38(55-25-32)47(67)60-39-22-23-42(65)61-48(39)68/h17,21,25-27,29-31,33-37,39,43-44,46H,6-16,18-20,22-24,28H2,1-5H3,(H,58,72)(H,59,71)(H,60,67)(H,62,69)(H,63,70)(H,61,65,68)/t29?,31?,33-,35?,36-,37+,39?,43-,44-,46+/m0/s1. The molecule has 4 aliphatic carbocycles. The van der Waals surface area contributed by atoms with Crippen molar-refractivity contribution in [3.63, 3.8) is 0 Å². The lowest BCUT2D eigenvalue weighted by Gasteiger charge is -2.38. The number of carbonyl (C=O) groups is 9. The van der Waals surface area contributed by atoms with Crippen LogP contribution in [0, 0.1) is 29.1 Å². The number of pyridine rings is 1. The number of aromatic nitrogens is 3. The molecule has 73 heavy (non-hydrogen) atoms. The van der Waals surface area contributed by atoms with Gasteiger partial charge in [-0.05, 0) is 117 Å². The third-order valence-electron chi connectivity index (χ3n) is 16.4. The Morgan fingerprint density at radius 2 is 1.53 bits per heavy atom. The molecule has 394 valence electrons. The van der Waals surface area contributed by atoms with E-state index in [2.05, 4.69) is 48.8 Å². The number of nitrogens with one attached hydrogen (secondary N) is 6. The van der Waals surface area contributed by atoms with E-state index < -0.39 is 82.8 Å². The maximum Gasteiger partial charge on any atom is 0.289 e. The Morgan fingerprint density at radius 3 is 2.18 bits per heavy atom. The summed E-state index contributed by atoms with van der Waals surface area (Å²) in [7, 11) is 0. The van der Waals surface area contributed by atoms with Gasteiger partial charge in [-0.3, -0.25) is 58.4 Å². The first-order valence-corrected chi connectivity index (χ1v) is 26.9. The Hall–Kier alpha value is -6.14. The summed E-state index contributed by atoms with van der Waals surface area (Å²) < 4.78 is 0. The predicted molar refractivity (Wildman–Crippen MR) is 267 cm³/mol. The summed E-state index contributed by atoms with van der Waals surface area (Å²) in [6.45, 7) is 9.97. The van der Waals surface area contributed by atoms with Crippen LogP contribution in [-0.4, -0.2) is 116 Å². The Bertz CT molecular complexity index is 2410. The minimum atomic E-state index is -1.06. The van der Waals surface area contributed by atoms with Gasteiger partial charge in [0, 0.05) is 37.3 Å². The van der Waals surface area contributed by atoms with E-state index in [1.54, 1.807) is 23.4 Å². The highest BCUT2D eigenvalue weighted by molar-refractivity contribution is 6.38. The molecule has 4 saturated carbocycles. The summed E-state index contributed by atoms with van der Waals surface area (Å²) in [4.78, 5) is 136. The minimum Gasteiger partial charge on any atom is -0.347 e. The molecule has 2 saturated heterocycles. The van der Waals surface area contributed by atoms with Gasteiger partial charge in [0.25, 0.3) is 17.7 Å². The molecule has 6 N–H and O–H groups in total.